The number of aliphatic carboxylic acids is 1. The zero-order valence-corrected chi connectivity index (χ0v) is 18.3. The number of ether oxygens (including phenoxy) is 1. The first-order chi connectivity index (χ1) is 14.7. The van der Waals surface area contributed by atoms with Crippen LogP contribution in [0.2, 0.25) is 0 Å². The molecule has 31 heavy (non-hydrogen) atoms. The molecule has 3 aromatic rings. The number of halogens is 1. The summed E-state index contributed by atoms with van der Waals surface area (Å²) in [6.07, 6.45) is -0.163. The number of methoxy groups -OCH3 is 1. The summed E-state index contributed by atoms with van der Waals surface area (Å²) in [5.74, 6) is -1.78. The van der Waals surface area contributed by atoms with Crippen LogP contribution in [-0.2, 0) is 16.0 Å². The normalized spacial score (nSPS) is 10.8. The number of amides is 1. The molecule has 0 aliphatic rings. The number of aromatic nitrogens is 1. The lowest BCUT2D eigenvalue weighted by Crippen LogP contribution is -2.27. The van der Waals surface area contributed by atoms with Gasteiger partial charge < -0.3 is 19.7 Å². The molecule has 0 radical (unpaired) electrons. The van der Waals surface area contributed by atoms with Crippen molar-refractivity contribution in [2.75, 3.05) is 13.7 Å². The van der Waals surface area contributed by atoms with Crippen LogP contribution >= 0.6 is 12.2 Å². The van der Waals surface area contributed by atoms with E-state index in [0.29, 0.717) is 27.1 Å². The highest BCUT2D eigenvalue weighted by Gasteiger charge is 2.22. The second kappa shape index (κ2) is 9.26. The fourth-order valence-corrected chi connectivity index (χ4v) is 3.85. The van der Waals surface area contributed by atoms with Crippen molar-refractivity contribution < 1.29 is 23.8 Å². The molecule has 162 valence electrons. The monoisotopic (exact) mass is 442 g/mol. The number of hydrogen-bond donors (Lipinski definition) is 2. The van der Waals surface area contributed by atoms with E-state index in [0.717, 1.165) is 11.1 Å². The predicted octanol–water partition coefficient (Wildman–Crippen LogP) is 3.76. The van der Waals surface area contributed by atoms with Gasteiger partial charge in [0.1, 0.15) is 4.99 Å². The fourth-order valence-electron chi connectivity index (χ4n) is 3.48. The van der Waals surface area contributed by atoms with Gasteiger partial charge in [0, 0.05) is 29.3 Å². The van der Waals surface area contributed by atoms with Crippen molar-refractivity contribution in [3.63, 3.8) is 0 Å². The molecular formula is C23H23FN2O4S. The van der Waals surface area contributed by atoms with E-state index in [-0.39, 0.29) is 31.0 Å². The van der Waals surface area contributed by atoms with Crippen molar-refractivity contribution in [3.05, 3.63) is 64.6 Å². The number of hydrogen-bond acceptors (Lipinski definition) is 4. The third-order valence-electron chi connectivity index (χ3n) is 5.11. The zero-order valence-electron chi connectivity index (χ0n) is 17.5. The number of nitrogens with one attached hydrogen (secondary N) is 1. The third kappa shape index (κ3) is 4.74. The Morgan fingerprint density at radius 2 is 1.87 bits per heavy atom. The maximum absolute atomic E-state index is 14.5. The number of carbonyl (C=O) groups excluding carboxylic acids is 1. The Labute approximate surface area is 184 Å². The highest BCUT2D eigenvalue weighted by Crippen LogP contribution is 2.32. The Hall–Kier alpha value is -3.26. The summed E-state index contributed by atoms with van der Waals surface area (Å²) in [5.41, 5.74) is 3.82. The molecule has 1 amide bonds. The van der Waals surface area contributed by atoms with Crippen LogP contribution in [0.3, 0.4) is 0 Å². The number of carboxylic acid groups (broad SMARTS) is 1. The molecule has 0 unspecified atom stereocenters. The lowest BCUT2D eigenvalue weighted by Gasteiger charge is -2.11. The van der Waals surface area contributed by atoms with Gasteiger partial charge in [-0.1, -0.05) is 42.0 Å². The first-order valence-corrected chi connectivity index (χ1v) is 10.1. The smallest absolute Gasteiger partial charge is 0.305 e. The maximum Gasteiger partial charge on any atom is 0.305 e. The summed E-state index contributed by atoms with van der Waals surface area (Å²) < 4.78 is 21.4. The van der Waals surface area contributed by atoms with Gasteiger partial charge in [-0.3, -0.25) is 9.59 Å². The van der Waals surface area contributed by atoms with Gasteiger partial charge in [0.25, 0.3) is 0 Å². The SMILES string of the molecule is COc1cc2c(CC(=O)NCCC(=O)O)c(C)n(C(=S)c3ccc(C)cc3)c2cc1F. The quantitative estimate of drug-likeness (QED) is 0.545. The molecule has 3 rings (SSSR count). The van der Waals surface area contributed by atoms with Crippen molar-refractivity contribution in [2.45, 2.75) is 26.7 Å². The number of carbonyl (C=O) groups is 2. The molecule has 0 aliphatic heterocycles. The molecule has 8 heteroatoms. The Morgan fingerprint density at radius 1 is 1.19 bits per heavy atom. The van der Waals surface area contributed by atoms with E-state index >= 15 is 0 Å². The van der Waals surface area contributed by atoms with Crippen LogP contribution < -0.4 is 10.1 Å². The van der Waals surface area contributed by atoms with E-state index < -0.39 is 11.8 Å². The summed E-state index contributed by atoms with van der Waals surface area (Å²) in [7, 11) is 1.38. The van der Waals surface area contributed by atoms with Gasteiger partial charge in [-0.15, -0.1) is 0 Å². The van der Waals surface area contributed by atoms with Crippen molar-refractivity contribution in [1.29, 1.82) is 0 Å². The largest absolute Gasteiger partial charge is 0.494 e. The Balaban J connectivity index is 2.08. The van der Waals surface area contributed by atoms with E-state index in [1.807, 2.05) is 38.1 Å². The summed E-state index contributed by atoms with van der Waals surface area (Å²) in [5, 5.41) is 12.0. The molecule has 6 nitrogen and oxygen atoms in total. The number of rotatable bonds is 7. The highest BCUT2D eigenvalue weighted by molar-refractivity contribution is 7.80. The Kier molecular flexibility index (Phi) is 6.70. The second-order valence-corrected chi connectivity index (χ2v) is 7.63. The van der Waals surface area contributed by atoms with Gasteiger partial charge in [0.05, 0.1) is 25.5 Å². The van der Waals surface area contributed by atoms with E-state index in [2.05, 4.69) is 5.32 Å². The lowest BCUT2D eigenvalue weighted by atomic mass is 10.1. The van der Waals surface area contributed by atoms with Crippen LogP contribution in [-0.4, -0.2) is 40.2 Å². The summed E-state index contributed by atoms with van der Waals surface area (Å²) in [4.78, 5) is 23.6. The molecule has 2 aromatic carbocycles. The Bertz CT molecular complexity index is 1170. The molecule has 0 bridgehead atoms. The average Bonchev–Trinajstić information content (AvgIpc) is 2.97. The first kappa shape index (κ1) is 22.4. The molecule has 1 aromatic heterocycles. The molecule has 0 aliphatic carbocycles. The van der Waals surface area contributed by atoms with Crippen LogP contribution in [0.5, 0.6) is 5.75 Å². The minimum Gasteiger partial charge on any atom is -0.494 e. The average molecular weight is 443 g/mol. The van der Waals surface area contributed by atoms with E-state index in [9.17, 15) is 14.0 Å². The number of nitrogens with zero attached hydrogens (tertiary/aromatic N) is 1. The summed E-state index contributed by atoms with van der Waals surface area (Å²) in [6.45, 7) is 3.84. The molecule has 0 saturated heterocycles. The van der Waals surface area contributed by atoms with Crippen LogP contribution in [0.25, 0.3) is 10.9 Å². The van der Waals surface area contributed by atoms with Crippen molar-refractivity contribution >= 4 is 40.0 Å². The maximum atomic E-state index is 14.5. The molecule has 1 heterocycles. The Morgan fingerprint density at radius 3 is 2.48 bits per heavy atom. The number of benzene rings is 2. The minimum absolute atomic E-state index is 0.000248. The van der Waals surface area contributed by atoms with Crippen molar-refractivity contribution in [2.24, 2.45) is 0 Å². The molecule has 2 N–H and O–H groups in total. The fraction of sp³-hybridized carbons (Fsp3) is 0.261. The molecular weight excluding hydrogens is 419 g/mol. The summed E-state index contributed by atoms with van der Waals surface area (Å²) >= 11 is 5.72. The third-order valence-corrected chi connectivity index (χ3v) is 5.53. The summed E-state index contributed by atoms with van der Waals surface area (Å²) in [6, 6.07) is 10.6. The topological polar surface area (TPSA) is 80.6 Å². The van der Waals surface area contributed by atoms with E-state index in [1.54, 1.807) is 10.6 Å². The van der Waals surface area contributed by atoms with Crippen LogP contribution in [0.1, 0.15) is 28.8 Å². The van der Waals surface area contributed by atoms with Gasteiger partial charge in [-0.2, -0.15) is 0 Å². The zero-order chi connectivity index (χ0) is 22.7. The van der Waals surface area contributed by atoms with Gasteiger partial charge in [0.2, 0.25) is 5.91 Å². The predicted molar refractivity (Wildman–Crippen MR) is 120 cm³/mol. The molecule has 0 fully saturated rings. The van der Waals surface area contributed by atoms with Gasteiger partial charge in [-0.05, 0) is 25.5 Å². The standard InChI is InChI=1S/C23H23FN2O4S/c1-13-4-6-15(7-5-13)23(31)26-14(2)16(11-21(27)25-9-8-22(28)29)17-10-20(30-3)18(24)12-19(17)26/h4-7,10,12H,8-9,11H2,1-3H3,(H,25,27)(H,28,29). The number of thiocarbonyl (C=S) groups is 1. The molecule has 0 atom stereocenters. The minimum atomic E-state index is -0.989. The van der Waals surface area contributed by atoms with E-state index in [4.69, 9.17) is 22.1 Å². The van der Waals surface area contributed by atoms with Gasteiger partial charge in [-0.25, -0.2) is 4.39 Å². The van der Waals surface area contributed by atoms with Crippen LogP contribution in [0, 0.1) is 19.7 Å². The lowest BCUT2D eigenvalue weighted by molar-refractivity contribution is -0.136. The number of fused-ring (bicyclic) bond motifs is 1. The van der Waals surface area contributed by atoms with Gasteiger partial charge >= 0.3 is 5.97 Å². The molecule has 0 spiro atoms. The number of carboxylic acids is 1. The van der Waals surface area contributed by atoms with Crippen LogP contribution in [0.15, 0.2) is 36.4 Å². The molecule has 0 saturated carbocycles. The first-order valence-electron chi connectivity index (χ1n) is 9.70. The van der Waals surface area contributed by atoms with Crippen molar-refractivity contribution in [1.82, 2.24) is 9.88 Å². The van der Waals surface area contributed by atoms with E-state index in [1.165, 1.54) is 13.2 Å². The highest BCUT2D eigenvalue weighted by atomic mass is 32.1. The van der Waals surface area contributed by atoms with Gasteiger partial charge in [0.15, 0.2) is 11.6 Å². The second-order valence-electron chi connectivity index (χ2n) is 7.24. The van der Waals surface area contributed by atoms with Crippen molar-refractivity contribution in [3.8, 4) is 5.75 Å². The van der Waals surface area contributed by atoms with Crippen LogP contribution in [0.4, 0.5) is 4.39 Å². The number of aryl methyl sites for hydroxylation is 1.